The molecule has 1 aromatic rings. The standard InChI is InChI=1S/C12H13ClN2O/c13-11-1-2-12(10(5-11)6-14)16-8-9-3-4-15-7-9/h1-2,5,9,15H,3-4,7-8H2. The van der Waals surface area contributed by atoms with Gasteiger partial charge in [0.15, 0.2) is 0 Å². The molecule has 1 atom stereocenters. The van der Waals surface area contributed by atoms with E-state index in [2.05, 4.69) is 11.4 Å². The first-order valence-corrected chi connectivity index (χ1v) is 5.70. The summed E-state index contributed by atoms with van der Waals surface area (Å²) in [5, 5.41) is 12.8. The fourth-order valence-corrected chi connectivity index (χ4v) is 1.95. The summed E-state index contributed by atoms with van der Waals surface area (Å²) in [4.78, 5) is 0. The van der Waals surface area contributed by atoms with E-state index in [-0.39, 0.29) is 0 Å². The van der Waals surface area contributed by atoms with Crippen LogP contribution in [0.2, 0.25) is 5.02 Å². The van der Waals surface area contributed by atoms with Crippen LogP contribution in [0.3, 0.4) is 0 Å². The Morgan fingerprint density at radius 1 is 1.56 bits per heavy atom. The lowest BCUT2D eigenvalue weighted by Crippen LogP contribution is -2.15. The van der Waals surface area contributed by atoms with Crippen LogP contribution in [-0.4, -0.2) is 19.7 Å². The summed E-state index contributed by atoms with van der Waals surface area (Å²) in [5.74, 6) is 1.17. The first kappa shape index (κ1) is 11.3. The van der Waals surface area contributed by atoms with E-state index in [1.54, 1.807) is 18.2 Å². The summed E-state index contributed by atoms with van der Waals surface area (Å²) >= 11 is 5.81. The van der Waals surface area contributed by atoms with E-state index < -0.39 is 0 Å². The van der Waals surface area contributed by atoms with E-state index in [0.717, 1.165) is 19.5 Å². The van der Waals surface area contributed by atoms with Gasteiger partial charge in [-0.1, -0.05) is 11.6 Å². The summed E-state index contributed by atoms with van der Waals surface area (Å²) in [6.07, 6.45) is 1.13. The first-order chi connectivity index (χ1) is 7.79. The van der Waals surface area contributed by atoms with Crippen LogP contribution in [-0.2, 0) is 0 Å². The van der Waals surface area contributed by atoms with Gasteiger partial charge in [0.1, 0.15) is 11.8 Å². The van der Waals surface area contributed by atoms with Crippen LogP contribution in [0, 0.1) is 17.2 Å². The smallest absolute Gasteiger partial charge is 0.137 e. The Bertz CT molecular complexity index is 408. The number of hydrogen-bond acceptors (Lipinski definition) is 3. The lowest BCUT2D eigenvalue weighted by atomic mass is 10.1. The molecular formula is C12H13ClN2O. The predicted octanol–water partition coefficient (Wildman–Crippen LogP) is 2.20. The number of nitrogens with zero attached hydrogens (tertiary/aromatic N) is 1. The van der Waals surface area contributed by atoms with E-state index >= 15 is 0 Å². The fourth-order valence-electron chi connectivity index (χ4n) is 1.78. The normalized spacial score (nSPS) is 19.4. The molecule has 1 aliphatic heterocycles. The monoisotopic (exact) mass is 236 g/mol. The van der Waals surface area contributed by atoms with E-state index in [4.69, 9.17) is 21.6 Å². The van der Waals surface area contributed by atoms with Gasteiger partial charge in [0.2, 0.25) is 0 Å². The topological polar surface area (TPSA) is 45.0 Å². The molecule has 84 valence electrons. The minimum absolute atomic E-state index is 0.499. The second-order valence-corrected chi connectivity index (χ2v) is 4.36. The highest BCUT2D eigenvalue weighted by atomic mass is 35.5. The van der Waals surface area contributed by atoms with Gasteiger partial charge < -0.3 is 10.1 Å². The molecule has 0 bridgehead atoms. The number of hydrogen-bond donors (Lipinski definition) is 1. The van der Waals surface area contributed by atoms with E-state index in [0.29, 0.717) is 28.9 Å². The quantitative estimate of drug-likeness (QED) is 0.875. The van der Waals surface area contributed by atoms with Crippen LogP contribution >= 0.6 is 11.6 Å². The molecular weight excluding hydrogens is 224 g/mol. The van der Waals surface area contributed by atoms with Gasteiger partial charge >= 0.3 is 0 Å². The highest BCUT2D eigenvalue weighted by molar-refractivity contribution is 6.30. The van der Waals surface area contributed by atoms with E-state index in [1.807, 2.05) is 0 Å². The molecule has 1 fully saturated rings. The maximum absolute atomic E-state index is 8.93. The third-order valence-corrected chi connectivity index (χ3v) is 2.93. The molecule has 1 heterocycles. The SMILES string of the molecule is N#Cc1cc(Cl)ccc1OCC1CCNC1. The fraction of sp³-hybridized carbons (Fsp3) is 0.417. The van der Waals surface area contributed by atoms with Gasteiger partial charge in [-0.25, -0.2) is 0 Å². The van der Waals surface area contributed by atoms with Gasteiger partial charge in [-0.3, -0.25) is 0 Å². The summed E-state index contributed by atoms with van der Waals surface area (Å²) in [6.45, 7) is 2.71. The Morgan fingerprint density at radius 2 is 2.44 bits per heavy atom. The molecule has 1 aromatic carbocycles. The summed E-state index contributed by atoms with van der Waals surface area (Å²) in [5.41, 5.74) is 0.499. The van der Waals surface area contributed by atoms with Gasteiger partial charge in [-0.2, -0.15) is 5.26 Å². The van der Waals surface area contributed by atoms with Crippen LogP contribution < -0.4 is 10.1 Å². The third kappa shape index (κ3) is 2.66. The highest BCUT2D eigenvalue weighted by Crippen LogP contribution is 2.23. The van der Waals surface area contributed by atoms with Crippen LogP contribution in [0.25, 0.3) is 0 Å². The molecule has 4 heteroatoms. The first-order valence-electron chi connectivity index (χ1n) is 5.33. The number of nitriles is 1. The molecule has 0 spiro atoms. The van der Waals surface area contributed by atoms with Crippen molar-refractivity contribution in [2.24, 2.45) is 5.92 Å². The largest absolute Gasteiger partial charge is 0.492 e. The molecule has 0 aliphatic carbocycles. The lowest BCUT2D eigenvalue weighted by Gasteiger charge is -2.11. The molecule has 16 heavy (non-hydrogen) atoms. The number of halogens is 1. The molecule has 1 unspecified atom stereocenters. The average Bonchev–Trinajstić information content (AvgIpc) is 2.80. The van der Waals surface area contributed by atoms with Gasteiger partial charge in [0.05, 0.1) is 12.2 Å². The van der Waals surface area contributed by atoms with Crippen LogP contribution in [0.5, 0.6) is 5.75 Å². The molecule has 0 radical (unpaired) electrons. The van der Waals surface area contributed by atoms with Gasteiger partial charge in [0, 0.05) is 17.5 Å². The lowest BCUT2D eigenvalue weighted by molar-refractivity contribution is 0.259. The number of ether oxygens (including phenoxy) is 1. The number of rotatable bonds is 3. The molecule has 1 aliphatic rings. The second kappa shape index (κ2) is 5.20. The number of nitrogens with one attached hydrogen (secondary N) is 1. The van der Waals surface area contributed by atoms with Crippen molar-refractivity contribution in [2.45, 2.75) is 6.42 Å². The minimum atomic E-state index is 0.499. The highest BCUT2D eigenvalue weighted by Gasteiger charge is 2.15. The molecule has 0 saturated carbocycles. The van der Waals surface area contributed by atoms with E-state index in [1.165, 1.54) is 0 Å². The Kier molecular flexibility index (Phi) is 3.66. The summed E-state index contributed by atoms with van der Waals surface area (Å²) < 4.78 is 5.65. The zero-order chi connectivity index (χ0) is 11.4. The maximum Gasteiger partial charge on any atom is 0.137 e. The summed E-state index contributed by atoms with van der Waals surface area (Å²) in [7, 11) is 0. The van der Waals surface area contributed by atoms with Crippen molar-refractivity contribution < 1.29 is 4.74 Å². The molecule has 0 aromatic heterocycles. The van der Waals surface area contributed by atoms with Crippen LogP contribution in [0.15, 0.2) is 18.2 Å². The van der Waals surface area contributed by atoms with Gasteiger partial charge in [0.25, 0.3) is 0 Å². The van der Waals surface area contributed by atoms with Gasteiger partial charge in [-0.05, 0) is 31.2 Å². The third-order valence-electron chi connectivity index (χ3n) is 2.70. The Labute approximate surface area is 100.0 Å². The van der Waals surface area contributed by atoms with Crippen LogP contribution in [0.1, 0.15) is 12.0 Å². The minimum Gasteiger partial charge on any atom is -0.492 e. The predicted molar refractivity (Wildman–Crippen MR) is 62.6 cm³/mol. The molecule has 0 amide bonds. The van der Waals surface area contributed by atoms with Crippen molar-refractivity contribution in [1.29, 1.82) is 5.26 Å². The molecule has 1 saturated heterocycles. The zero-order valence-corrected chi connectivity index (χ0v) is 9.63. The Balaban J connectivity index is 2.00. The molecule has 3 nitrogen and oxygen atoms in total. The average molecular weight is 237 g/mol. The zero-order valence-electron chi connectivity index (χ0n) is 8.87. The summed E-state index contributed by atoms with van der Waals surface area (Å²) in [6, 6.07) is 7.21. The molecule has 1 N–H and O–H groups in total. The number of benzene rings is 1. The van der Waals surface area contributed by atoms with Gasteiger partial charge in [-0.15, -0.1) is 0 Å². The van der Waals surface area contributed by atoms with Crippen molar-refractivity contribution in [3.63, 3.8) is 0 Å². The second-order valence-electron chi connectivity index (χ2n) is 3.92. The van der Waals surface area contributed by atoms with Crippen LogP contribution in [0.4, 0.5) is 0 Å². The van der Waals surface area contributed by atoms with Crippen molar-refractivity contribution >= 4 is 11.6 Å². The van der Waals surface area contributed by atoms with Crippen molar-refractivity contribution in [1.82, 2.24) is 5.32 Å². The maximum atomic E-state index is 8.93. The molecule has 2 rings (SSSR count). The van der Waals surface area contributed by atoms with Crippen molar-refractivity contribution in [2.75, 3.05) is 19.7 Å². The van der Waals surface area contributed by atoms with Crippen molar-refractivity contribution in [3.8, 4) is 11.8 Å². The van der Waals surface area contributed by atoms with Crippen molar-refractivity contribution in [3.05, 3.63) is 28.8 Å². The van der Waals surface area contributed by atoms with E-state index in [9.17, 15) is 0 Å². The Morgan fingerprint density at radius 3 is 3.12 bits per heavy atom. The Hall–Kier alpha value is -1.24.